The summed E-state index contributed by atoms with van der Waals surface area (Å²) in [5.74, 6) is 2.24. The lowest BCUT2D eigenvalue weighted by molar-refractivity contribution is 0.0640. The summed E-state index contributed by atoms with van der Waals surface area (Å²) < 4.78 is 0. The van der Waals surface area contributed by atoms with Crippen LogP contribution in [0, 0.1) is 11.8 Å². The van der Waals surface area contributed by atoms with Crippen LogP contribution < -0.4 is 4.90 Å². The van der Waals surface area contributed by atoms with Crippen LogP contribution in [0.1, 0.15) is 58.4 Å². The molecule has 5 unspecified atom stereocenters. The molecule has 2 nitrogen and oxygen atoms in total. The molecule has 4 aliphatic rings. The van der Waals surface area contributed by atoms with Gasteiger partial charge in [0.1, 0.15) is 0 Å². The molecule has 0 radical (unpaired) electrons. The number of anilines is 1. The van der Waals surface area contributed by atoms with E-state index in [0.29, 0.717) is 6.04 Å². The summed E-state index contributed by atoms with van der Waals surface area (Å²) in [6, 6.07) is 10.3. The molecule has 3 heterocycles. The third kappa shape index (κ3) is 2.58. The highest BCUT2D eigenvalue weighted by molar-refractivity contribution is 5.62. The maximum Gasteiger partial charge on any atom is 0.0405 e. The fourth-order valence-corrected chi connectivity index (χ4v) is 5.75. The van der Waals surface area contributed by atoms with Gasteiger partial charge >= 0.3 is 0 Å². The number of benzene rings is 1. The molecule has 1 aliphatic carbocycles. The van der Waals surface area contributed by atoms with Crippen molar-refractivity contribution in [3.05, 3.63) is 29.8 Å². The quantitative estimate of drug-likeness (QED) is 0.683. The maximum absolute atomic E-state index is 2.76. The Labute approximate surface area is 148 Å². The fourth-order valence-electron chi connectivity index (χ4n) is 5.75. The lowest BCUT2D eigenvalue weighted by Crippen LogP contribution is -2.46. The number of hydrogen-bond acceptors (Lipinski definition) is 2. The topological polar surface area (TPSA) is 6.48 Å². The lowest BCUT2D eigenvalue weighted by atomic mass is 9.81. The molecule has 3 aliphatic heterocycles. The Morgan fingerprint density at radius 3 is 2.62 bits per heavy atom. The molecular weight excluding hydrogens is 292 g/mol. The molecule has 3 fully saturated rings. The standard InChI is InChI=1S/C12H17N.C10H17N/c1-9-12(2,3)10-7-5-6-8-11(10)13(9)4;1-2-9-7-11(5-1)10-4-3-8(9)6-10/h5-9H,1-4H3;8-10H,1-7H2. The zero-order valence-corrected chi connectivity index (χ0v) is 16.0. The van der Waals surface area contributed by atoms with E-state index in [9.17, 15) is 0 Å². The number of nitrogens with zero attached hydrogens (tertiary/aromatic N) is 2. The molecule has 24 heavy (non-hydrogen) atoms. The summed E-state index contributed by atoms with van der Waals surface area (Å²) >= 11 is 0. The SMILES string of the molecule is C1CC2CN(C1)C1CCC2C1.CC1N(C)c2ccccc2C1(C)C. The molecule has 1 aromatic rings. The molecule has 0 amide bonds. The minimum Gasteiger partial charge on any atom is -0.371 e. The van der Waals surface area contributed by atoms with Crippen LogP contribution in [-0.2, 0) is 5.41 Å². The van der Waals surface area contributed by atoms with Crippen LogP contribution in [-0.4, -0.2) is 37.1 Å². The molecule has 1 saturated carbocycles. The predicted molar refractivity (Wildman–Crippen MR) is 103 cm³/mol. The number of piperidine rings is 2. The van der Waals surface area contributed by atoms with Gasteiger partial charge < -0.3 is 9.80 Å². The Bertz CT molecular complexity index is 577. The molecule has 1 aromatic carbocycles. The smallest absolute Gasteiger partial charge is 0.0405 e. The highest BCUT2D eigenvalue weighted by Gasteiger charge is 2.41. The van der Waals surface area contributed by atoms with Crippen molar-refractivity contribution < 1.29 is 0 Å². The van der Waals surface area contributed by atoms with Crippen LogP contribution in [0.25, 0.3) is 0 Å². The monoisotopic (exact) mass is 326 g/mol. The average molecular weight is 327 g/mol. The van der Waals surface area contributed by atoms with Crippen LogP contribution in [0.5, 0.6) is 0 Å². The number of hydrogen-bond donors (Lipinski definition) is 0. The van der Waals surface area contributed by atoms with E-state index in [4.69, 9.17) is 0 Å². The zero-order chi connectivity index (χ0) is 16.9. The Morgan fingerprint density at radius 2 is 1.83 bits per heavy atom. The van der Waals surface area contributed by atoms with Gasteiger partial charge in [0.2, 0.25) is 0 Å². The Morgan fingerprint density at radius 1 is 1.04 bits per heavy atom. The number of rotatable bonds is 0. The second kappa shape index (κ2) is 6.05. The van der Waals surface area contributed by atoms with Gasteiger partial charge in [-0.05, 0) is 69.0 Å². The van der Waals surface area contributed by atoms with Gasteiger partial charge in [-0.15, -0.1) is 0 Å². The summed E-state index contributed by atoms with van der Waals surface area (Å²) in [7, 11) is 2.18. The van der Waals surface area contributed by atoms with Gasteiger partial charge in [0.25, 0.3) is 0 Å². The highest BCUT2D eigenvalue weighted by atomic mass is 15.2. The Kier molecular flexibility index (Phi) is 4.15. The largest absolute Gasteiger partial charge is 0.371 e. The molecule has 0 aromatic heterocycles. The molecule has 5 rings (SSSR count). The average Bonchev–Trinajstić information content (AvgIpc) is 3.13. The summed E-state index contributed by atoms with van der Waals surface area (Å²) in [5, 5.41) is 0. The van der Waals surface area contributed by atoms with Crippen molar-refractivity contribution in [2.45, 2.75) is 70.4 Å². The van der Waals surface area contributed by atoms with Gasteiger partial charge in [-0.1, -0.05) is 32.0 Å². The molecule has 0 N–H and O–H groups in total. The van der Waals surface area contributed by atoms with E-state index in [1.807, 2.05) is 0 Å². The normalized spacial score (nSPS) is 38.3. The first kappa shape index (κ1) is 16.4. The van der Waals surface area contributed by atoms with Crippen LogP contribution in [0.4, 0.5) is 5.69 Å². The second-order valence-corrected chi connectivity index (χ2v) is 9.15. The summed E-state index contributed by atoms with van der Waals surface area (Å²) in [6.07, 6.45) is 7.63. The van der Waals surface area contributed by atoms with E-state index in [1.54, 1.807) is 12.8 Å². The van der Waals surface area contributed by atoms with Crippen LogP contribution >= 0.6 is 0 Å². The van der Waals surface area contributed by atoms with Crippen LogP contribution in [0.15, 0.2) is 24.3 Å². The fraction of sp³-hybridized carbons (Fsp3) is 0.727. The van der Waals surface area contributed by atoms with E-state index < -0.39 is 0 Å². The van der Waals surface area contributed by atoms with E-state index in [1.165, 1.54) is 43.6 Å². The van der Waals surface area contributed by atoms with Gasteiger partial charge in [-0.2, -0.15) is 0 Å². The predicted octanol–water partition coefficient (Wildman–Crippen LogP) is 4.68. The molecule has 2 heteroatoms. The van der Waals surface area contributed by atoms with E-state index >= 15 is 0 Å². The molecule has 132 valence electrons. The van der Waals surface area contributed by atoms with Crippen molar-refractivity contribution in [1.82, 2.24) is 4.90 Å². The van der Waals surface area contributed by atoms with E-state index in [2.05, 4.69) is 61.9 Å². The van der Waals surface area contributed by atoms with Gasteiger partial charge in [0.05, 0.1) is 0 Å². The van der Waals surface area contributed by atoms with Crippen molar-refractivity contribution in [3.63, 3.8) is 0 Å². The third-order valence-corrected chi connectivity index (χ3v) is 7.72. The molecule has 2 saturated heterocycles. The van der Waals surface area contributed by atoms with Gasteiger partial charge in [0.15, 0.2) is 0 Å². The van der Waals surface area contributed by atoms with Crippen molar-refractivity contribution in [2.75, 3.05) is 25.0 Å². The Hall–Kier alpha value is -1.02. The minimum atomic E-state index is 0.283. The number of para-hydroxylation sites is 1. The highest BCUT2D eigenvalue weighted by Crippen LogP contribution is 2.44. The second-order valence-electron chi connectivity index (χ2n) is 9.15. The first-order valence-corrected chi connectivity index (χ1v) is 10.0. The first-order valence-electron chi connectivity index (χ1n) is 10.0. The first-order chi connectivity index (χ1) is 11.5. The van der Waals surface area contributed by atoms with Crippen molar-refractivity contribution in [3.8, 4) is 0 Å². The summed E-state index contributed by atoms with van der Waals surface area (Å²) in [6.45, 7) is 9.79. The molecule has 0 spiro atoms. The van der Waals surface area contributed by atoms with Crippen molar-refractivity contribution in [1.29, 1.82) is 0 Å². The molecular formula is C22H34N2. The summed E-state index contributed by atoms with van der Waals surface area (Å²) in [4.78, 5) is 5.13. The number of fused-ring (bicyclic) bond motifs is 7. The van der Waals surface area contributed by atoms with Gasteiger partial charge in [0, 0.05) is 36.8 Å². The minimum absolute atomic E-state index is 0.283. The number of likely N-dealkylation sites (N-methyl/N-ethyl adjacent to an activating group) is 1. The maximum atomic E-state index is 2.76. The molecule has 5 atom stereocenters. The zero-order valence-electron chi connectivity index (χ0n) is 16.0. The van der Waals surface area contributed by atoms with Crippen molar-refractivity contribution in [2.24, 2.45) is 11.8 Å². The van der Waals surface area contributed by atoms with E-state index in [-0.39, 0.29) is 5.41 Å². The Balaban J connectivity index is 0.000000123. The lowest BCUT2D eigenvalue weighted by Gasteiger charge is -2.42. The third-order valence-electron chi connectivity index (χ3n) is 7.72. The van der Waals surface area contributed by atoms with Gasteiger partial charge in [-0.25, -0.2) is 0 Å². The van der Waals surface area contributed by atoms with Crippen molar-refractivity contribution >= 4 is 5.69 Å². The van der Waals surface area contributed by atoms with Gasteiger partial charge in [-0.3, -0.25) is 0 Å². The molecule has 4 bridgehead atoms. The van der Waals surface area contributed by atoms with Crippen LogP contribution in [0.3, 0.4) is 0 Å². The summed E-state index contributed by atoms with van der Waals surface area (Å²) in [5.41, 5.74) is 3.15. The van der Waals surface area contributed by atoms with E-state index in [0.717, 1.165) is 17.9 Å². The van der Waals surface area contributed by atoms with Crippen LogP contribution in [0.2, 0.25) is 0 Å².